The first-order valence-corrected chi connectivity index (χ1v) is 11.5. The molecule has 36 heavy (non-hydrogen) atoms. The van der Waals surface area contributed by atoms with Crippen molar-refractivity contribution in [2.45, 2.75) is 12.8 Å². The number of carbonyl (C=O) groups is 1. The minimum Gasteiger partial charge on any atom is -0.508 e. The summed E-state index contributed by atoms with van der Waals surface area (Å²) in [6.45, 7) is 0.691. The van der Waals surface area contributed by atoms with Gasteiger partial charge in [0.25, 0.3) is 5.91 Å². The van der Waals surface area contributed by atoms with Crippen LogP contribution in [-0.4, -0.2) is 38.6 Å². The molecule has 4 aromatic rings. The van der Waals surface area contributed by atoms with Crippen LogP contribution in [0.1, 0.15) is 22.3 Å². The molecule has 1 amide bonds. The minimum absolute atomic E-state index is 0.0668. The van der Waals surface area contributed by atoms with Gasteiger partial charge < -0.3 is 29.1 Å². The van der Waals surface area contributed by atoms with Gasteiger partial charge in [0.2, 0.25) is 5.55 Å². The Labute approximate surface area is 208 Å². The van der Waals surface area contributed by atoms with Crippen LogP contribution in [0.3, 0.4) is 0 Å². The number of ether oxygens (including phenoxy) is 3. The Morgan fingerprint density at radius 2 is 1.72 bits per heavy atom. The number of carbonyl (C=O) groups excluding carboxylic acids is 1. The lowest BCUT2D eigenvalue weighted by Crippen LogP contribution is -2.29. The smallest absolute Gasteiger partial charge is 0.256 e. The molecule has 1 heterocycles. The van der Waals surface area contributed by atoms with Crippen LogP contribution in [0.25, 0.3) is 11.0 Å². The number of phenolic OH excluding ortho intramolecular Hbond substituents is 1. The summed E-state index contributed by atoms with van der Waals surface area (Å²) >= 11 is 0. The molecule has 8 heteroatoms. The van der Waals surface area contributed by atoms with Gasteiger partial charge >= 0.3 is 0 Å². The number of amides is 1. The summed E-state index contributed by atoms with van der Waals surface area (Å²) in [7, 11) is 3.17. The molecule has 0 bridgehead atoms. The van der Waals surface area contributed by atoms with Gasteiger partial charge in [0, 0.05) is 25.1 Å². The van der Waals surface area contributed by atoms with Crippen molar-refractivity contribution in [1.29, 1.82) is 0 Å². The third-order valence-electron chi connectivity index (χ3n) is 5.48. The highest BCUT2D eigenvalue weighted by Crippen LogP contribution is 2.21. The third kappa shape index (κ3) is 6.43. The van der Waals surface area contributed by atoms with Gasteiger partial charge in [0.05, 0.1) is 12.8 Å². The zero-order valence-corrected chi connectivity index (χ0v) is 20.2. The van der Waals surface area contributed by atoms with Crippen molar-refractivity contribution >= 4 is 22.6 Å². The van der Waals surface area contributed by atoms with Gasteiger partial charge in [-0.2, -0.15) is 0 Å². The van der Waals surface area contributed by atoms with Gasteiger partial charge in [-0.15, -0.1) is 0 Å². The molecule has 0 atom stereocenters. The lowest BCUT2D eigenvalue weighted by Gasteiger charge is -2.08. The van der Waals surface area contributed by atoms with Gasteiger partial charge in [-0.25, -0.2) is 4.99 Å². The van der Waals surface area contributed by atoms with Crippen LogP contribution in [0.15, 0.2) is 82.2 Å². The quantitative estimate of drug-likeness (QED) is 0.247. The van der Waals surface area contributed by atoms with E-state index in [0.29, 0.717) is 34.5 Å². The number of phenols is 1. The van der Waals surface area contributed by atoms with E-state index in [1.165, 1.54) is 6.07 Å². The molecule has 0 spiro atoms. The number of hydrogen-bond acceptors (Lipinski definition) is 7. The summed E-state index contributed by atoms with van der Waals surface area (Å²) in [5, 5.41) is 13.5. The molecule has 0 aliphatic carbocycles. The Bertz CT molecular complexity index is 1380. The van der Waals surface area contributed by atoms with Crippen LogP contribution in [0.5, 0.6) is 17.2 Å². The molecule has 4 rings (SSSR count). The summed E-state index contributed by atoms with van der Waals surface area (Å²) in [5.41, 5.74) is 2.64. The Morgan fingerprint density at radius 1 is 0.972 bits per heavy atom. The molecule has 1 aromatic heterocycles. The topological polar surface area (TPSA) is 103 Å². The normalized spacial score (nSPS) is 11.4. The van der Waals surface area contributed by atoms with Gasteiger partial charge in [0.1, 0.15) is 28.4 Å². The molecule has 0 saturated carbocycles. The number of rotatable bonds is 10. The van der Waals surface area contributed by atoms with Gasteiger partial charge in [-0.1, -0.05) is 12.1 Å². The Balaban J connectivity index is 1.48. The molecule has 2 N–H and O–H groups in total. The van der Waals surface area contributed by atoms with Crippen molar-refractivity contribution in [2.75, 3.05) is 27.6 Å². The van der Waals surface area contributed by atoms with Crippen LogP contribution >= 0.6 is 0 Å². The summed E-state index contributed by atoms with van der Waals surface area (Å²) in [6.07, 6.45) is 1.56. The zero-order chi connectivity index (χ0) is 25.3. The number of nitrogens with zero attached hydrogens (tertiary/aromatic N) is 1. The maximum absolute atomic E-state index is 13.1. The minimum atomic E-state index is -0.288. The number of aromatic hydroxyl groups is 1. The van der Waals surface area contributed by atoms with E-state index in [9.17, 15) is 9.90 Å². The molecule has 0 unspecified atom stereocenters. The van der Waals surface area contributed by atoms with Crippen molar-refractivity contribution in [2.24, 2.45) is 4.99 Å². The maximum atomic E-state index is 13.1. The average molecular weight is 489 g/mol. The van der Waals surface area contributed by atoms with E-state index < -0.39 is 0 Å². The second-order valence-corrected chi connectivity index (χ2v) is 8.05. The van der Waals surface area contributed by atoms with E-state index in [4.69, 9.17) is 18.6 Å². The molecular formula is C28H28N2O6. The van der Waals surface area contributed by atoms with Crippen LogP contribution < -0.4 is 20.3 Å². The first kappa shape index (κ1) is 24.8. The monoisotopic (exact) mass is 488 g/mol. The first-order valence-electron chi connectivity index (χ1n) is 11.5. The van der Waals surface area contributed by atoms with Crippen LogP contribution in [0.2, 0.25) is 0 Å². The number of nitrogens with one attached hydrogen (secondary N) is 1. The van der Waals surface area contributed by atoms with Crippen LogP contribution in [-0.2, 0) is 11.2 Å². The number of aryl methyl sites for hydroxylation is 1. The summed E-state index contributed by atoms with van der Waals surface area (Å²) in [6, 6.07) is 21.3. The van der Waals surface area contributed by atoms with Crippen molar-refractivity contribution in [3.8, 4) is 17.2 Å². The SMILES string of the molecule is COCOc1ccc(CCCNC(=O)c2cc3ccc(O)cc3oc2=Nc2ccc(OC)cc2)cc1. The molecule has 0 aliphatic rings. The van der Waals surface area contributed by atoms with Crippen LogP contribution in [0, 0.1) is 0 Å². The lowest BCUT2D eigenvalue weighted by atomic mass is 10.1. The van der Waals surface area contributed by atoms with Crippen molar-refractivity contribution in [1.82, 2.24) is 5.32 Å². The lowest BCUT2D eigenvalue weighted by molar-refractivity contribution is 0.0511. The molecule has 0 saturated heterocycles. The van der Waals surface area contributed by atoms with Gasteiger partial charge in [-0.3, -0.25) is 4.79 Å². The van der Waals surface area contributed by atoms with Crippen molar-refractivity contribution < 1.29 is 28.5 Å². The second kappa shape index (κ2) is 11.9. The molecule has 186 valence electrons. The van der Waals surface area contributed by atoms with E-state index in [1.807, 2.05) is 24.3 Å². The highest BCUT2D eigenvalue weighted by atomic mass is 16.7. The summed E-state index contributed by atoms with van der Waals surface area (Å²) in [5.74, 6) is 1.22. The number of hydrogen-bond donors (Lipinski definition) is 2. The number of methoxy groups -OCH3 is 2. The third-order valence-corrected chi connectivity index (χ3v) is 5.48. The average Bonchev–Trinajstić information content (AvgIpc) is 2.90. The van der Waals surface area contributed by atoms with Crippen molar-refractivity contribution in [3.05, 3.63) is 89.5 Å². The van der Waals surface area contributed by atoms with E-state index >= 15 is 0 Å². The van der Waals surface area contributed by atoms with E-state index in [1.54, 1.807) is 56.7 Å². The number of benzene rings is 3. The fourth-order valence-electron chi connectivity index (χ4n) is 3.60. The molecular weight excluding hydrogens is 460 g/mol. The van der Waals surface area contributed by atoms with E-state index in [2.05, 4.69) is 10.3 Å². The highest BCUT2D eigenvalue weighted by molar-refractivity contribution is 5.96. The molecule has 3 aromatic carbocycles. The first-order chi connectivity index (χ1) is 17.6. The standard InChI is InChI=1S/C28H28N2O6/c1-33-18-35-24-11-5-19(6-12-24)4-3-15-29-27(32)25-16-20-7-10-22(31)17-26(20)36-28(25)30-21-8-13-23(34-2)14-9-21/h5-14,16-17,31H,3-4,15,18H2,1-2H3,(H,29,32). The Morgan fingerprint density at radius 3 is 2.44 bits per heavy atom. The van der Waals surface area contributed by atoms with E-state index in [-0.39, 0.29) is 24.0 Å². The highest BCUT2D eigenvalue weighted by Gasteiger charge is 2.13. The fourth-order valence-corrected chi connectivity index (χ4v) is 3.60. The Kier molecular flexibility index (Phi) is 8.20. The van der Waals surface area contributed by atoms with Gasteiger partial charge in [-0.05, 0) is 73.0 Å². The summed E-state index contributed by atoms with van der Waals surface area (Å²) < 4.78 is 21.4. The van der Waals surface area contributed by atoms with E-state index in [0.717, 1.165) is 24.2 Å². The molecule has 8 nitrogen and oxygen atoms in total. The van der Waals surface area contributed by atoms with Gasteiger partial charge in [0.15, 0.2) is 6.79 Å². The molecule has 0 aliphatic heterocycles. The number of fused-ring (bicyclic) bond motifs is 1. The fraction of sp³-hybridized carbons (Fsp3) is 0.214. The predicted molar refractivity (Wildman–Crippen MR) is 136 cm³/mol. The molecule has 0 radical (unpaired) electrons. The van der Waals surface area contributed by atoms with Crippen LogP contribution in [0.4, 0.5) is 5.69 Å². The Hall–Kier alpha value is -4.30. The second-order valence-electron chi connectivity index (χ2n) is 8.05. The summed E-state index contributed by atoms with van der Waals surface area (Å²) in [4.78, 5) is 17.6. The zero-order valence-electron chi connectivity index (χ0n) is 20.2. The maximum Gasteiger partial charge on any atom is 0.256 e. The van der Waals surface area contributed by atoms with Crippen molar-refractivity contribution in [3.63, 3.8) is 0 Å². The largest absolute Gasteiger partial charge is 0.508 e. The predicted octanol–water partition coefficient (Wildman–Crippen LogP) is 4.72. The molecule has 0 fully saturated rings.